The summed E-state index contributed by atoms with van der Waals surface area (Å²) < 4.78 is 13.1. The lowest BCUT2D eigenvalue weighted by atomic mass is 9.90. The van der Waals surface area contributed by atoms with E-state index in [-0.39, 0.29) is 12.3 Å². The van der Waals surface area contributed by atoms with Crippen LogP contribution in [0.5, 0.6) is 0 Å². The van der Waals surface area contributed by atoms with E-state index in [4.69, 9.17) is 5.11 Å². The lowest BCUT2D eigenvalue weighted by Gasteiger charge is -2.20. The molecule has 0 amide bonds. The number of hydrogen-bond donors (Lipinski definition) is 1. The second kappa shape index (κ2) is 4.43. The smallest absolute Gasteiger partial charge is 0.303 e. The molecular formula is C9H17FO2. The van der Waals surface area contributed by atoms with Gasteiger partial charge in [-0.2, -0.15) is 0 Å². The van der Waals surface area contributed by atoms with E-state index in [1.807, 2.05) is 6.92 Å². The van der Waals surface area contributed by atoms with Crippen molar-refractivity contribution >= 4 is 5.97 Å². The maximum Gasteiger partial charge on any atom is 0.303 e. The van der Waals surface area contributed by atoms with Gasteiger partial charge in [0, 0.05) is 6.42 Å². The van der Waals surface area contributed by atoms with E-state index in [1.54, 1.807) is 0 Å². The Morgan fingerprint density at radius 1 is 1.58 bits per heavy atom. The van der Waals surface area contributed by atoms with Gasteiger partial charge >= 0.3 is 5.97 Å². The molecule has 1 N–H and O–H groups in total. The minimum absolute atomic E-state index is 0.0394. The Morgan fingerprint density at radius 3 is 2.33 bits per heavy atom. The normalized spacial score (nSPS) is 14.3. The molecule has 72 valence electrons. The number of aliphatic carboxylic acids is 1. The van der Waals surface area contributed by atoms with Gasteiger partial charge in [0.15, 0.2) is 0 Å². The second-order valence-corrected chi connectivity index (χ2v) is 3.79. The highest BCUT2D eigenvalue weighted by atomic mass is 18.2. The largest absolute Gasteiger partial charge is 0.481 e. The number of carbonyl (C=O) groups is 1. The summed E-state index contributed by atoms with van der Waals surface area (Å²) in [5, 5.41) is 8.49. The summed E-state index contributed by atoms with van der Waals surface area (Å²) in [5.74, 6) is -0.881. The minimum atomic E-state index is -1.25. The van der Waals surface area contributed by atoms with E-state index in [1.165, 1.54) is 13.8 Å². The monoisotopic (exact) mass is 175 g/mol. The molecule has 0 aliphatic carbocycles. The Hall–Kier alpha value is -0.600. The molecule has 12 heavy (non-hydrogen) atoms. The molecule has 0 spiro atoms. The van der Waals surface area contributed by atoms with Crippen LogP contribution in [0.1, 0.15) is 40.0 Å². The van der Waals surface area contributed by atoms with Crippen LogP contribution in [0, 0.1) is 5.92 Å². The molecule has 0 radical (unpaired) electrons. The summed E-state index contributed by atoms with van der Waals surface area (Å²) >= 11 is 0. The highest BCUT2D eigenvalue weighted by Crippen LogP contribution is 2.24. The molecule has 1 atom stereocenters. The number of carboxylic acids is 1. The lowest BCUT2D eigenvalue weighted by molar-refractivity contribution is -0.138. The molecule has 0 saturated carbocycles. The third kappa shape index (κ3) is 6.13. The van der Waals surface area contributed by atoms with E-state index in [2.05, 4.69) is 0 Å². The molecule has 0 aliphatic rings. The first-order valence-electron chi connectivity index (χ1n) is 4.26. The first-order valence-corrected chi connectivity index (χ1v) is 4.26. The molecule has 0 fully saturated rings. The van der Waals surface area contributed by atoms with E-state index >= 15 is 0 Å². The van der Waals surface area contributed by atoms with Crippen LogP contribution in [0.15, 0.2) is 0 Å². The van der Waals surface area contributed by atoms with Gasteiger partial charge in [0.05, 0.1) is 0 Å². The first-order chi connectivity index (χ1) is 5.35. The van der Waals surface area contributed by atoms with Crippen LogP contribution in [0.2, 0.25) is 0 Å². The van der Waals surface area contributed by atoms with Crippen LogP contribution >= 0.6 is 0 Å². The van der Waals surface area contributed by atoms with E-state index in [0.717, 1.165) is 6.42 Å². The summed E-state index contributed by atoms with van der Waals surface area (Å²) in [4.78, 5) is 10.3. The number of halogens is 1. The van der Waals surface area contributed by atoms with Gasteiger partial charge in [0.2, 0.25) is 0 Å². The van der Waals surface area contributed by atoms with Crippen LogP contribution in [-0.4, -0.2) is 16.7 Å². The Labute approximate surface area is 72.8 Å². The van der Waals surface area contributed by atoms with Gasteiger partial charge in [-0.05, 0) is 26.2 Å². The lowest BCUT2D eigenvalue weighted by Crippen LogP contribution is -2.19. The standard InChI is InChI=1S/C9H17FO2/c1-4-7(5-8(11)12)6-9(2,3)10/h7H,4-6H2,1-3H3,(H,11,12)/t7-/m1/s1/i10-1. The van der Waals surface area contributed by atoms with Crippen molar-refractivity contribution in [3.8, 4) is 0 Å². The average Bonchev–Trinajstić information content (AvgIpc) is 1.82. The summed E-state index contributed by atoms with van der Waals surface area (Å²) in [7, 11) is 0. The summed E-state index contributed by atoms with van der Waals surface area (Å²) in [5.41, 5.74) is -1.25. The van der Waals surface area contributed by atoms with Crippen LogP contribution < -0.4 is 0 Å². The molecule has 0 aliphatic heterocycles. The minimum Gasteiger partial charge on any atom is -0.481 e. The highest BCUT2D eigenvalue weighted by Gasteiger charge is 2.22. The number of hydrogen-bond acceptors (Lipinski definition) is 1. The highest BCUT2D eigenvalue weighted by molar-refractivity contribution is 5.67. The van der Waals surface area contributed by atoms with Gasteiger partial charge in [0.25, 0.3) is 0 Å². The fourth-order valence-corrected chi connectivity index (χ4v) is 1.29. The van der Waals surface area contributed by atoms with Crippen molar-refractivity contribution in [1.82, 2.24) is 0 Å². The van der Waals surface area contributed by atoms with Gasteiger partial charge in [-0.15, -0.1) is 0 Å². The van der Waals surface area contributed by atoms with Gasteiger partial charge in [-0.1, -0.05) is 13.3 Å². The van der Waals surface area contributed by atoms with Gasteiger partial charge in [0.1, 0.15) is 5.67 Å². The molecule has 0 saturated heterocycles. The van der Waals surface area contributed by atoms with Crippen molar-refractivity contribution < 1.29 is 14.3 Å². The Balaban J connectivity index is 3.92. The molecular weight excluding hydrogens is 158 g/mol. The van der Waals surface area contributed by atoms with Gasteiger partial charge < -0.3 is 5.11 Å². The zero-order valence-corrected chi connectivity index (χ0v) is 7.93. The maximum absolute atomic E-state index is 13.1. The summed E-state index contributed by atoms with van der Waals surface area (Å²) in [6.07, 6.45) is 1.12. The molecule has 0 rings (SSSR count). The Bertz CT molecular complexity index is 149. The van der Waals surface area contributed by atoms with Gasteiger partial charge in [-0.25, -0.2) is 4.39 Å². The summed E-state index contributed by atoms with van der Waals surface area (Å²) in [6.45, 7) is 4.86. The van der Waals surface area contributed by atoms with E-state index in [9.17, 15) is 9.18 Å². The zero-order chi connectivity index (χ0) is 9.78. The van der Waals surface area contributed by atoms with Crippen molar-refractivity contribution in [3.63, 3.8) is 0 Å². The predicted octanol–water partition coefficient (Wildman–Crippen LogP) is 2.63. The van der Waals surface area contributed by atoms with Gasteiger partial charge in [-0.3, -0.25) is 4.79 Å². The number of alkyl halides is 1. The number of rotatable bonds is 5. The number of carboxylic acid groups (broad SMARTS) is 1. The van der Waals surface area contributed by atoms with Crippen LogP contribution in [0.4, 0.5) is 4.39 Å². The van der Waals surface area contributed by atoms with Crippen molar-refractivity contribution in [1.29, 1.82) is 0 Å². The molecule has 0 aromatic carbocycles. The van der Waals surface area contributed by atoms with Crippen molar-refractivity contribution in [2.45, 2.75) is 45.7 Å². The SMILES string of the molecule is CC[C@H](CC(=O)O)CC(C)(C)[18F]. The van der Waals surface area contributed by atoms with E-state index < -0.39 is 11.6 Å². The Morgan fingerprint density at radius 2 is 2.08 bits per heavy atom. The first kappa shape index (κ1) is 11.4. The second-order valence-electron chi connectivity index (χ2n) is 3.79. The van der Waals surface area contributed by atoms with Crippen LogP contribution in [0.25, 0.3) is 0 Å². The van der Waals surface area contributed by atoms with Crippen molar-refractivity contribution in [2.75, 3.05) is 0 Å². The van der Waals surface area contributed by atoms with Crippen molar-refractivity contribution in [2.24, 2.45) is 5.92 Å². The maximum atomic E-state index is 13.1. The fraction of sp³-hybridized carbons (Fsp3) is 0.889. The topological polar surface area (TPSA) is 37.3 Å². The fourth-order valence-electron chi connectivity index (χ4n) is 1.29. The molecule has 3 heteroatoms. The zero-order valence-electron chi connectivity index (χ0n) is 7.93. The molecule has 0 aromatic heterocycles. The average molecular weight is 175 g/mol. The van der Waals surface area contributed by atoms with Crippen molar-refractivity contribution in [3.05, 3.63) is 0 Å². The quantitative estimate of drug-likeness (QED) is 0.697. The molecule has 0 bridgehead atoms. The molecule has 0 heterocycles. The van der Waals surface area contributed by atoms with Crippen LogP contribution in [-0.2, 0) is 4.79 Å². The molecule has 0 unspecified atom stereocenters. The molecule has 2 nitrogen and oxygen atoms in total. The van der Waals surface area contributed by atoms with Crippen LogP contribution in [0.3, 0.4) is 0 Å². The molecule has 0 aromatic rings. The summed E-state index contributed by atoms with van der Waals surface area (Å²) in [6, 6.07) is 0. The predicted molar refractivity (Wildman–Crippen MR) is 45.8 cm³/mol. The van der Waals surface area contributed by atoms with E-state index in [0.29, 0.717) is 6.42 Å². The third-order valence-corrected chi connectivity index (χ3v) is 1.81. The Kier molecular flexibility index (Phi) is 4.21. The third-order valence-electron chi connectivity index (χ3n) is 1.81.